The second-order valence-electron chi connectivity index (χ2n) is 4.29. The maximum Gasteiger partial charge on any atom is 0.243 e. The van der Waals surface area contributed by atoms with Gasteiger partial charge in [0.1, 0.15) is 4.90 Å². The van der Waals surface area contributed by atoms with Gasteiger partial charge in [0.2, 0.25) is 10.0 Å². The minimum Gasteiger partial charge on any atom is -0.398 e. The Balaban J connectivity index is 2.26. The highest BCUT2D eigenvalue weighted by Gasteiger charge is 2.20. The van der Waals surface area contributed by atoms with Gasteiger partial charge in [0, 0.05) is 6.04 Å². The van der Waals surface area contributed by atoms with Crippen molar-refractivity contribution < 1.29 is 8.42 Å². The lowest BCUT2D eigenvalue weighted by molar-refractivity contribution is 0.567. The average molecular weight is 276 g/mol. The van der Waals surface area contributed by atoms with Crippen molar-refractivity contribution in [2.45, 2.75) is 17.9 Å². The first kappa shape index (κ1) is 13.6. The molecule has 0 bridgehead atoms. The van der Waals surface area contributed by atoms with Gasteiger partial charge in [0.25, 0.3) is 0 Å². The van der Waals surface area contributed by atoms with Gasteiger partial charge in [0.15, 0.2) is 0 Å². The third-order valence-electron chi connectivity index (χ3n) is 2.84. The van der Waals surface area contributed by atoms with E-state index in [1.165, 1.54) is 6.07 Å². The van der Waals surface area contributed by atoms with Crippen LogP contribution in [-0.4, -0.2) is 8.42 Å². The Bertz CT molecular complexity index is 654. The highest BCUT2D eigenvalue weighted by Crippen LogP contribution is 2.20. The van der Waals surface area contributed by atoms with Crippen LogP contribution in [0, 0.1) is 0 Å². The van der Waals surface area contributed by atoms with Crippen LogP contribution in [0.1, 0.15) is 18.5 Å². The second-order valence-corrected chi connectivity index (χ2v) is 5.97. The van der Waals surface area contributed by atoms with Crippen molar-refractivity contribution in [1.82, 2.24) is 4.72 Å². The van der Waals surface area contributed by atoms with Crippen molar-refractivity contribution in [1.29, 1.82) is 0 Å². The van der Waals surface area contributed by atoms with E-state index in [1.807, 2.05) is 30.3 Å². The van der Waals surface area contributed by atoms with E-state index < -0.39 is 10.0 Å². The third-order valence-corrected chi connectivity index (χ3v) is 4.45. The highest BCUT2D eigenvalue weighted by atomic mass is 32.2. The number of para-hydroxylation sites is 1. The summed E-state index contributed by atoms with van der Waals surface area (Å²) in [6.45, 7) is 1.80. The fourth-order valence-corrected chi connectivity index (χ4v) is 3.20. The fraction of sp³-hybridized carbons (Fsp3) is 0.143. The molecule has 2 aromatic carbocycles. The summed E-state index contributed by atoms with van der Waals surface area (Å²) >= 11 is 0. The van der Waals surface area contributed by atoms with Gasteiger partial charge < -0.3 is 5.73 Å². The molecule has 4 nitrogen and oxygen atoms in total. The molecule has 5 heteroatoms. The first-order valence-electron chi connectivity index (χ1n) is 5.92. The highest BCUT2D eigenvalue weighted by molar-refractivity contribution is 7.89. The van der Waals surface area contributed by atoms with E-state index in [9.17, 15) is 8.42 Å². The van der Waals surface area contributed by atoms with Crippen LogP contribution in [0.15, 0.2) is 59.5 Å². The lowest BCUT2D eigenvalue weighted by atomic mass is 10.1. The number of nitrogens with one attached hydrogen (secondary N) is 1. The molecule has 0 fully saturated rings. The summed E-state index contributed by atoms with van der Waals surface area (Å²) in [6.07, 6.45) is 0. The minimum absolute atomic E-state index is 0.109. The molecule has 1 atom stereocenters. The lowest BCUT2D eigenvalue weighted by Gasteiger charge is -2.15. The molecular formula is C14H16N2O2S. The number of nitrogen functional groups attached to an aromatic ring is 1. The molecule has 19 heavy (non-hydrogen) atoms. The zero-order chi connectivity index (χ0) is 13.9. The van der Waals surface area contributed by atoms with Crippen LogP contribution in [0.5, 0.6) is 0 Å². The average Bonchev–Trinajstić information content (AvgIpc) is 2.39. The van der Waals surface area contributed by atoms with Crippen molar-refractivity contribution >= 4 is 15.7 Å². The van der Waals surface area contributed by atoms with Gasteiger partial charge in [-0.15, -0.1) is 0 Å². The molecule has 2 aromatic rings. The van der Waals surface area contributed by atoms with Crippen LogP contribution in [0.3, 0.4) is 0 Å². The standard InChI is InChI=1S/C14H16N2O2S/c1-11(12-7-3-2-4-8-12)16-19(17,18)14-10-6-5-9-13(14)15/h2-11,16H,15H2,1H3/t11-/m1/s1. The van der Waals surface area contributed by atoms with E-state index in [1.54, 1.807) is 25.1 Å². The van der Waals surface area contributed by atoms with Crippen molar-refractivity contribution in [3.63, 3.8) is 0 Å². The summed E-state index contributed by atoms with van der Waals surface area (Å²) in [6, 6.07) is 15.5. The number of nitrogens with two attached hydrogens (primary N) is 1. The zero-order valence-corrected chi connectivity index (χ0v) is 11.4. The number of hydrogen-bond donors (Lipinski definition) is 2. The number of benzene rings is 2. The van der Waals surface area contributed by atoms with Gasteiger partial charge in [-0.05, 0) is 24.6 Å². The van der Waals surface area contributed by atoms with Crippen molar-refractivity contribution in [2.75, 3.05) is 5.73 Å². The smallest absolute Gasteiger partial charge is 0.243 e. The molecule has 0 heterocycles. The predicted molar refractivity (Wildman–Crippen MR) is 76.0 cm³/mol. The Hall–Kier alpha value is -1.85. The van der Waals surface area contributed by atoms with E-state index in [4.69, 9.17) is 5.73 Å². The normalized spacial score (nSPS) is 13.1. The Morgan fingerprint density at radius 1 is 1.00 bits per heavy atom. The van der Waals surface area contributed by atoms with Crippen LogP contribution in [-0.2, 0) is 10.0 Å². The van der Waals surface area contributed by atoms with Gasteiger partial charge in [-0.2, -0.15) is 0 Å². The summed E-state index contributed by atoms with van der Waals surface area (Å²) < 4.78 is 27.1. The maximum atomic E-state index is 12.2. The monoisotopic (exact) mass is 276 g/mol. The maximum absolute atomic E-state index is 12.2. The molecule has 0 saturated heterocycles. The number of rotatable bonds is 4. The largest absolute Gasteiger partial charge is 0.398 e. The Morgan fingerprint density at radius 2 is 1.58 bits per heavy atom. The number of anilines is 1. The molecule has 0 aliphatic heterocycles. The Labute approximate surface area is 113 Å². The van der Waals surface area contributed by atoms with Gasteiger partial charge in [-0.25, -0.2) is 13.1 Å². The van der Waals surface area contributed by atoms with E-state index in [0.29, 0.717) is 0 Å². The molecule has 100 valence electrons. The first-order chi connectivity index (χ1) is 9.00. The van der Waals surface area contributed by atoms with Crippen LogP contribution < -0.4 is 10.5 Å². The van der Waals surface area contributed by atoms with E-state index in [0.717, 1.165) is 5.56 Å². The first-order valence-corrected chi connectivity index (χ1v) is 7.41. The van der Waals surface area contributed by atoms with Crippen molar-refractivity contribution in [3.05, 3.63) is 60.2 Å². The lowest BCUT2D eigenvalue weighted by Crippen LogP contribution is -2.27. The van der Waals surface area contributed by atoms with Crippen molar-refractivity contribution in [3.8, 4) is 0 Å². The summed E-state index contributed by atoms with van der Waals surface area (Å²) in [5, 5.41) is 0. The second kappa shape index (κ2) is 5.42. The minimum atomic E-state index is -3.61. The van der Waals surface area contributed by atoms with E-state index in [2.05, 4.69) is 4.72 Å². The Morgan fingerprint density at radius 3 is 2.21 bits per heavy atom. The number of sulfonamides is 1. The molecule has 0 aliphatic carbocycles. The molecule has 0 unspecified atom stereocenters. The van der Waals surface area contributed by atoms with Gasteiger partial charge in [-0.1, -0.05) is 42.5 Å². The van der Waals surface area contributed by atoms with Crippen LogP contribution >= 0.6 is 0 Å². The molecule has 0 spiro atoms. The van der Waals surface area contributed by atoms with Crippen LogP contribution in [0.2, 0.25) is 0 Å². The van der Waals surface area contributed by atoms with Gasteiger partial charge >= 0.3 is 0 Å². The zero-order valence-electron chi connectivity index (χ0n) is 10.6. The molecule has 2 rings (SSSR count). The summed E-state index contributed by atoms with van der Waals surface area (Å²) in [7, 11) is -3.61. The quantitative estimate of drug-likeness (QED) is 0.842. The van der Waals surface area contributed by atoms with Crippen molar-refractivity contribution in [2.24, 2.45) is 0 Å². The van der Waals surface area contributed by atoms with Crippen LogP contribution in [0.4, 0.5) is 5.69 Å². The summed E-state index contributed by atoms with van der Waals surface area (Å²) in [4.78, 5) is 0.109. The predicted octanol–water partition coefficient (Wildman–Crippen LogP) is 2.31. The molecule has 0 radical (unpaired) electrons. The molecule has 0 aromatic heterocycles. The van der Waals surface area contributed by atoms with Gasteiger partial charge in [0.05, 0.1) is 5.69 Å². The van der Waals surface area contributed by atoms with Gasteiger partial charge in [-0.3, -0.25) is 0 Å². The fourth-order valence-electron chi connectivity index (χ4n) is 1.83. The summed E-state index contributed by atoms with van der Waals surface area (Å²) in [5.74, 6) is 0. The third kappa shape index (κ3) is 3.13. The topological polar surface area (TPSA) is 72.2 Å². The van der Waals surface area contributed by atoms with E-state index >= 15 is 0 Å². The molecular weight excluding hydrogens is 260 g/mol. The van der Waals surface area contributed by atoms with Crippen LogP contribution in [0.25, 0.3) is 0 Å². The number of hydrogen-bond acceptors (Lipinski definition) is 3. The SMILES string of the molecule is C[C@@H](NS(=O)(=O)c1ccccc1N)c1ccccc1. The molecule has 0 saturated carbocycles. The summed E-state index contributed by atoms with van der Waals surface area (Å²) in [5.41, 5.74) is 6.85. The molecule has 0 amide bonds. The molecule has 0 aliphatic rings. The van der Waals surface area contributed by atoms with E-state index in [-0.39, 0.29) is 16.6 Å². The molecule has 3 N–H and O–H groups in total. The Kier molecular flexibility index (Phi) is 3.87.